The molecule has 0 aliphatic heterocycles. The molecule has 2 aromatic carbocycles. The number of anilines is 1. The molecule has 2 heterocycles. The molecule has 4 rings (SSSR count). The van der Waals surface area contributed by atoms with Crippen LogP contribution in [-0.4, -0.2) is 36.2 Å². The van der Waals surface area contributed by atoms with Gasteiger partial charge >= 0.3 is 0 Å². The first-order chi connectivity index (χ1) is 13.1. The van der Waals surface area contributed by atoms with Gasteiger partial charge < -0.3 is 9.64 Å². The Kier molecular flexibility index (Phi) is 4.42. The molecule has 0 atom stereocenters. The van der Waals surface area contributed by atoms with Crippen molar-refractivity contribution >= 4 is 16.7 Å². The summed E-state index contributed by atoms with van der Waals surface area (Å²) in [7, 11) is 5.70. The Morgan fingerprint density at radius 2 is 1.67 bits per heavy atom. The highest BCUT2D eigenvalue weighted by molar-refractivity contribution is 5.79. The molecular formula is C22H20N4O. The van der Waals surface area contributed by atoms with Gasteiger partial charge in [0.25, 0.3) is 0 Å². The number of benzene rings is 2. The fourth-order valence-corrected chi connectivity index (χ4v) is 2.90. The van der Waals surface area contributed by atoms with Crippen LogP contribution in [0.2, 0.25) is 0 Å². The van der Waals surface area contributed by atoms with Crippen molar-refractivity contribution in [3.63, 3.8) is 0 Å². The summed E-state index contributed by atoms with van der Waals surface area (Å²) in [6.45, 7) is 0. The first-order valence-electron chi connectivity index (χ1n) is 8.70. The molecule has 0 aliphatic rings. The van der Waals surface area contributed by atoms with E-state index in [0.29, 0.717) is 11.5 Å². The minimum atomic E-state index is 0.633. The summed E-state index contributed by atoms with van der Waals surface area (Å²) in [6, 6.07) is 20.1. The summed E-state index contributed by atoms with van der Waals surface area (Å²) in [5.41, 5.74) is 4.69. The molecule has 0 fully saturated rings. The lowest BCUT2D eigenvalue weighted by Crippen LogP contribution is -2.07. The van der Waals surface area contributed by atoms with E-state index in [-0.39, 0.29) is 0 Å². The number of pyridine rings is 1. The normalized spacial score (nSPS) is 10.8. The van der Waals surface area contributed by atoms with Crippen LogP contribution in [0.3, 0.4) is 0 Å². The molecule has 0 bridgehead atoms. The van der Waals surface area contributed by atoms with Crippen LogP contribution in [0.1, 0.15) is 0 Å². The third-order valence-corrected chi connectivity index (χ3v) is 4.45. The predicted molar refractivity (Wildman–Crippen MR) is 109 cm³/mol. The maximum atomic E-state index is 5.29. The van der Waals surface area contributed by atoms with E-state index in [0.717, 1.165) is 33.6 Å². The van der Waals surface area contributed by atoms with Crippen LogP contribution in [0.4, 0.5) is 5.69 Å². The Morgan fingerprint density at radius 1 is 0.852 bits per heavy atom. The highest BCUT2D eigenvalue weighted by atomic mass is 16.5. The van der Waals surface area contributed by atoms with Gasteiger partial charge in [-0.25, -0.2) is 15.0 Å². The molecule has 5 heteroatoms. The lowest BCUT2D eigenvalue weighted by molar-refractivity contribution is 0.415. The van der Waals surface area contributed by atoms with Crippen molar-refractivity contribution in [3.05, 3.63) is 66.9 Å². The fraction of sp³-hybridized carbons (Fsp3) is 0.136. The van der Waals surface area contributed by atoms with Gasteiger partial charge in [0.2, 0.25) is 0 Å². The number of fused-ring (bicyclic) bond motifs is 1. The van der Waals surface area contributed by atoms with Gasteiger partial charge in [-0.3, -0.25) is 0 Å². The molecule has 0 unspecified atom stereocenters. The molecular weight excluding hydrogens is 336 g/mol. The van der Waals surface area contributed by atoms with Crippen molar-refractivity contribution in [2.45, 2.75) is 0 Å². The van der Waals surface area contributed by atoms with Gasteiger partial charge in [0, 0.05) is 42.5 Å². The Balaban J connectivity index is 1.74. The number of hydrogen-bond acceptors (Lipinski definition) is 5. The van der Waals surface area contributed by atoms with E-state index in [1.54, 1.807) is 7.11 Å². The van der Waals surface area contributed by atoms with Crippen LogP contribution >= 0.6 is 0 Å². The summed E-state index contributed by atoms with van der Waals surface area (Å²) in [6.07, 6.45) is 1.81. The fourth-order valence-electron chi connectivity index (χ4n) is 2.90. The largest absolute Gasteiger partial charge is 0.497 e. The van der Waals surface area contributed by atoms with E-state index < -0.39 is 0 Å². The van der Waals surface area contributed by atoms with Gasteiger partial charge in [-0.1, -0.05) is 24.3 Å². The third kappa shape index (κ3) is 3.44. The molecule has 0 saturated carbocycles. The third-order valence-electron chi connectivity index (χ3n) is 4.45. The molecule has 5 nitrogen and oxygen atoms in total. The van der Waals surface area contributed by atoms with Gasteiger partial charge in [0.15, 0.2) is 11.5 Å². The number of methoxy groups -OCH3 is 1. The number of aromatic nitrogens is 3. The lowest BCUT2D eigenvalue weighted by Gasteiger charge is -2.12. The molecule has 0 N–H and O–H groups in total. The molecule has 27 heavy (non-hydrogen) atoms. The van der Waals surface area contributed by atoms with E-state index in [2.05, 4.69) is 39.1 Å². The zero-order chi connectivity index (χ0) is 18.8. The molecule has 134 valence electrons. The topological polar surface area (TPSA) is 51.1 Å². The van der Waals surface area contributed by atoms with Crippen molar-refractivity contribution in [1.29, 1.82) is 0 Å². The maximum Gasteiger partial charge on any atom is 0.163 e. The van der Waals surface area contributed by atoms with E-state index in [4.69, 9.17) is 9.72 Å². The van der Waals surface area contributed by atoms with E-state index >= 15 is 0 Å². The first kappa shape index (κ1) is 17.0. The Morgan fingerprint density at radius 3 is 2.41 bits per heavy atom. The van der Waals surface area contributed by atoms with Crippen molar-refractivity contribution in [1.82, 2.24) is 15.0 Å². The van der Waals surface area contributed by atoms with Crippen LogP contribution in [0.25, 0.3) is 33.7 Å². The van der Waals surface area contributed by atoms with Crippen molar-refractivity contribution in [3.8, 4) is 28.4 Å². The molecule has 0 aliphatic carbocycles. The summed E-state index contributed by atoms with van der Waals surface area (Å²) in [5.74, 6) is 1.41. The minimum absolute atomic E-state index is 0.633. The maximum absolute atomic E-state index is 5.29. The molecule has 0 spiro atoms. The Labute approximate surface area is 158 Å². The second-order valence-electron chi connectivity index (χ2n) is 6.48. The lowest BCUT2D eigenvalue weighted by atomic mass is 10.1. The van der Waals surface area contributed by atoms with Gasteiger partial charge in [-0.15, -0.1) is 0 Å². The summed E-state index contributed by atoms with van der Waals surface area (Å²) in [5, 5.41) is 0.912. The first-order valence-corrected chi connectivity index (χ1v) is 8.70. The second-order valence-corrected chi connectivity index (χ2v) is 6.48. The van der Waals surface area contributed by atoms with E-state index in [9.17, 15) is 0 Å². The number of ether oxygens (including phenoxy) is 1. The SMILES string of the molecule is COc1cccc(-c2ncc3ccc(-c4ccc(N(C)C)cc4)nc3n2)c1. The smallest absolute Gasteiger partial charge is 0.163 e. The number of hydrogen-bond donors (Lipinski definition) is 0. The Bertz CT molecular complexity index is 1090. The van der Waals surface area contributed by atoms with Crippen LogP contribution in [-0.2, 0) is 0 Å². The number of rotatable bonds is 4. The van der Waals surface area contributed by atoms with Gasteiger partial charge in [0.1, 0.15) is 5.75 Å². The average molecular weight is 356 g/mol. The quantitative estimate of drug-likeness (QED) is 0.541. The van der Waals surface area contributed by atoms with Gasteiger partial charge in [-0.2, -0.15) is 0 Å². The monoisotopic (exact) mass is 356 g/mol. The van der Waals surface area contributed by atoms with Crippen LogP contribution in [0.15, 0.2) is 66.9 Å². The zero-order valence-corrected chi connectivity index (χ0v) is 15.5. The minimum Gasteiger partial charge on any atom is -0.497 e. The van der Waals surface area contributed by atoms with Crippen LogP contribution in [0, 0.1) is 0 Å². The van der Waals surface area contributed by atoms with E-state index in [1.807, 2.05) is 56.7 Å². The Hall–Kier alpha value is -3.47. The van der Waals surface area contributed by atoms with Gasteiger partial charge in [-0.05, 0) is 36.4 Å². The van der Waals surface area contributed by atoms with Gasteiger partial charge in [0.05, 0.1) is 12.8 Å². The number of nitrogens with zero attached hydrogens (tertiary/aromatic N) is 4. The van der Waals surface area contributed by atoms with Crippen LogP contribution < -0.4 is 9.64 Å². The average Bonchev–Trinajstić information content (AvgIpc) is 2.73. The van der Waals surface area contributed by atoms with Crippen LogP contribution in [0.5, 0.6) is 5.75 Å². The second kappa shape index (κ2) is 7.03. The molecule has 0 saturated heterocycles. The molecule has 4 aromatic rings. The molecule has 2 aromatic heterocycles. The highest BCUT2D eigenvalue weighted by Crippen LogP contribution is 2.25. The molecule has 0 radical (unpaired) electrons. The standard InChI is InChI=1S/C22H20N4O/c1-26(2)18-10-7-15(8-11-18)20-12-9-17-14-23-21(25-22(17)24-20)16-5-4-6-19(13-16)27-3/h4-14H,1-3H3. The van der Waals surface area contributed by atoms with Crippen molar-refractivity contribution in [2.24, 2.45) is 0 Å². The zero-order valence-electron chi connectivity index (χ0n) is 15.5. The predicted octanol–water partition coefficient (Wildman–Crippen LogP) is 4.43. The van der Waals surface area contributed by atoms with Crippen molar-refractivity contribution < 1.29 is 4.74 Å². The van der Waals surface area contributed by atoms with E-state index in [1.165, 1.54) is 0 Å². The summed E-state index contributed by atoms with van der Waals surface area (Å²) in [4.78, 5) is 16.0. The van der Waals surface area contributed by atoms with Crippen molar-refractivity contribution in [2.75, 3.05) is 26.1 Å². The molecule has 0 amide bonds. The summed E-state index contributed by atoms with van der Waals surface area (Å²) >= 11 is 0. The highest BCUT2D eigenvalue weighted by Gasteiger charge is 2.08. The summed E-state index contributed by atoms with van der Waals surface area (Å²) < 4.78 is 5.29.